The third-order valence-electron chi connectivity index (χ3n) is 15.9. The van der Waals surface area contributed by atoms with Crippen LogP contribution in [0.2, 0.25) is 0 Å². The van der Waals surface area contributed by atoms with E-state index in [1.807, 2.05) is 30.3 Å². The quantitative estimate of drug-likeness (QED) is 0.0220. The number of hydrogen-bond donors (Lipinski definition) is 2. The molecule has 410 valence electrons. The van der Waals surface area contributed by atoms with Gasteiger partial charge in [0.1, 0.15) is 23.3 Å². The summed E-state index contributed by atoms with van der Waals surface area (Å²) in [5, 5.41) is 39.2. The molecule has 2 fully saturated rings. The molecule has 0 spiro atoms. The number of nitro benzene ring substituents is 1. The Labute approximate surface area is 449 Å². The molecule has 76 heavy (non-hydrogen) atoms. The Hall–Kier alpha value is -5.80. The number of carbonyl (C=O) groups excluding carboxylic acids is 1. The third-order valence-corrected chi connectivity index (χ3v) is 15.9. The highest BCUT2D eigenvalue weighted by Crippen LogP contribution is 2.62. The molecular formula is C62H81N3O11. The molecule has 8 rings (SSSR count). The number of unbranched alkanes of at least 4 members (excludes halogenated alkanes) is 11. The molecule has 0 aromatic heterocycles. The molecule has 1 unspecified atom stereocenters. The van der Waals surface area contributed by atoms with E-state index < -0.39 is 35.1 Å². The molecule has 4 aromatic rings. The van der Waals surface area contributed by atoms with Crippen molar-refractivity contribution in [2.75, 3.05) is 33.0 Å². The summed E-state index contributed by atoms with van der Waals surface area (Å²) in [6, 6.07) is 25.3. The van der Waals surface area contributed by atoms with Crippen molar-refractivity contribution in [3.8, 4) is 17.2 Å². The number of hydrogen-bond acceptors (Lipinski definition) is 12. The first kappa shape index (κ1) is 56.4. The summed E-state index contributed by atoms with van der Waals surface area (Å²) in [6.45, 7) is 7.59. The first-order valence-electron chi connectivity index (χ1n) is 28.5. The maximum Gasteiger partial charge on any atom is 0.410 e. The molecule has 1 saturated heterocycles. The Morgan fingerprint density at radius 2 is 1.61 bits per heavy atom. The van der Waals surface area contributed by atoms with Crippen LogP contribution in [0.4, 0.5) is 10.5 Å². The van der Waals surface area contributed by atoms with Crippen LogP contribution in [0.5, 0.6) is 17.2 Å². The number of nitro groups is 1. The van der Waals surface area contributed by atoms with Crippen LogP contribution >= 0.6 is 0 Å². The average Bonchev–Trinajstić information content (AvgIpc) is 3.48. The number of rotatable bonds is 30. The average molecular weight is 1040 g/mol. The van der Waals surface area contributed by atoms with Crippen molar-refractivity contribution < 1.29 is 48.5 Å². The van der Waals surface area contributed by atoms with E-state index in [-0.39, 0.29) is 62.8 Å². The number of benzene rings is 4. The van der Waals surface area contributed by atoms with Crippen LogP contribution in [0.3, 0.4) is 0 Å². The van der Waals surface area contributed by atoms with Gasteiger partial charge in [0.25, 0.3) is 5.69 Å². The van der Waals surface area contributed by atoms with Gasteiger partial charge in [0, 0.05) is 43.6 Å². The maximum absolute atomic E-state index is 15.4. The molecule has 14 heteroatoms. The fourth-order valence-electron chi connectivity index (χ4n) is 12.2. The topological polar surface area (TPSA) is 172 Å². The molecule has 2 aliphatic heterocycles. The maximum atomic E-state index is 15.4. The van der Waals surface area contributed by atoms with Gasteiger partial charge in [-0.3, -0.25) is 15.0 Å². The molecular weight excluding hydrogens is 963 g/mol. The largest absolute Gasteiger partial charge is 0.459 e. The van der Waals surface area contributed by atoms with E-state index in [2.05, 4.69) is 43.8 Å². The molecule has 4 aromatic carbocycles. The van der Waals surface area contributed by atoms with Crippen LogP contribution in [0.15, 0.2) is 114 Å². The predicted octanol–water partition coefficient (Wildman–Crippen LogP) is 14.3. The van der Waals surface area contributed by atoms with Crippen LogP contribution in [0.25, 0.3) is 10.8 Å². The number of carbonyl (C=O) groups is 1. The van der Waals surface area contributed by atoms with Crippen molar-refractivity contribution in [2.24, 2.45) is 22.9 Å². The van der Waals surface area contributed by atoms with Gasteiger partial charge >= 0.3 is 6.09 Å². The number of fused-ring (bicyclic) bond motifs is 3. The molecule has 1 saturated carbocycles. The van der Waals surface area contributed by atoms with Gasteiger partial charge in [-0.25, -0.2) is 4.79 Å². The second-order valence-corrected chi connectivity index (χ2v) is 21.1. The Morgan fingerprint density at radius 1 is 0.868 bits per heavy atom. The summed E-state index contributed by atoms with van der Waals surface area (Å²) >= 11 is 0. The number of aliphatic hydroxyl groups is 2. The number of allylic oxidation sites excluding steroid dienone is 1. The molecule has 1 amide bonds. The third kappa shape index (κ3) is 14.0. The molecule has 4 aliphatic rings. The number of oxime groups is 1. The zero-order valence-electron chi connectivity index (χ0n) is 44.7. The lowest BCUT2D eigenvalue weighted by molar-refractivity contribution is -0.384. The van der Waals surface area contributed by atoms with Crippen molar-refractivity contribution in [1.82, 2.24) is 4.90 Å². The zero-order chi connectivity index (χ0) is 53.1. The van der Waals surface area contributed by atoms with E-state index in [9.17, 15) is 20.3 Å². The molecule has 0 radical (unpaired) electrons. The van der Waals surface area contributed by atoms with Gasteiger partial charge in [0.15, 0.2) is 0 Å². The minimum Gasteiger partial charge on any atom is -0.459 e. The second kappa shape index (κ2) is 28.5. The van der Waals surface area contributed by atoms with E-state index in [0.29, 0.717) is 48.8 Å². The lowest BCUT2D eigenvalue weighted by Gasteiger charge is -2.60. The Bertz CT molecular complexity index is 2570. The zero-order valence-corrected chi connectivity index (χ0v) is 44.7. The number of amides is 1. The highest BCUT2D eigenvalue weighted by atomic mass is 16.8. The van der Waals surface area contributed by atoms with Gasteiger partial charge in [-0.15, -0.1) is 6.58 Å². The summed E-state index contributed by atoms with van der Waals surface area (Å²) in [7, 11) is 0. The van der Waals surface area contributed by atoms with E-state index in [0.717, 1.165) is 91.7 Å². The number of non-ortho nitro benzene ring substituents is 1. The van der Waals surface area contributed by atoms with Crippen LogP contribution in [0.1, 0.15) is 152 Å². The lowest BCUT2D eigenvalue weighted by Crippen LogP contribution is -2.70. The van der Waals surface area contributed by atoms with Crippen molar-refractivity contribution in [2.45, 2.75) is 166 Å². The van der Waals surface area contributed by atoms with E-state index in [1.54, 1.807) is 29.2 Å². The SMILES string of the molecule is C=CCO[C@@]12Oc3ccc(Oc4cccc([N+](=O)[O-])c4)cc3[C@H]3[C@H](CCCCO)[C@@H](CCCCO)C=C(C(=NOC4CCCCO4)C[C@@H]1N(Cc1cccc4ccccc14)C(=O)OCCCCCCCCCCCC)[C@H]32. The summed E-state index contributed by atoms with van der Waals surface area (Å²) < 4.78 is 33.8. The fourth-order valence-corrected chi connectivity index (χ4v) is 12.2. The van der Waals surface area contributed by atoms with Gasteiger partial charge in [0.2, 0.25) is 12.1 Å². The van der Waals surface area contributed by atoms with Crippen molar-refractivity contribution >= 4 is 28.3 Å². The first-order valence-corrected chi connectivity index (χ1v) is 28.5. The first-order chi connectivity index (χ1) is 37.3. The van der Waals surface area contributed by atoms with Crippen LogP contribution < -0.4 is 9.47 Å². The molecule has 2 N–H and O–H groups in total. The summed E-state index contributed by atoms with van der Waals surface area (Å²) in [5.41, 5.74) is 3.26. The fraction of sp³-hybridized carbons (Fsp3) is 0.548. The summed E-state index contributed by atoms with van der Waals surface area (Å²) in [6.07, 6.45) is 21.6. The Morgan fingerprint density at radius 3 is 2.36 bits per heavy atom. The van der Waals surface area contributed by atoms with Crippen molar-refractivity contribution in [1.29, 1.82) is 0 Å². The minimum absolute atomic E-state index is 0.00335. The van der Waals surface area contributed by atoms with Crippen molar-refractivity contribution in [3.63, 3.8) is 0 Å². The van der Waals surface area contributed by atoms with Crippen LogP contribution in [0, 0.1) is 27.9 Å². The number of aliphatic hydroxyl groups excluding tert-OH is 2. The van der Waals surface area contributed by atoms with Crippen molar-refractivity contribution in [3.05, 3.63) is 130 Å². The van der Waals surface area contributed by atoms with E-state index in [4.69, 9.17) is 33.7 Å². The number of ether oxygens (including phenoxy) is 5. The Balaban J connectivity index is 1.26. The lowest BCUT2D eigenvalue weighted by atomic mass is 9.55. The summed E-state index contributed by atoms with van der Waals surface area (Å²) in [4.78, 5) is 35.0. The van der Waals surface area contributed by atoms with Gasteiger partial charge < -0.3 is 38.7 Å². The Kier molecular flexibility index (Phi) is 21.2. The summed E-state index contributed by atoms with van der Waals surface area (Å²) in [5.74, 6) is -1.16. The van der Waals surface area contributed by atoms with Crippen LogP contribution in [-0.2, 0) is 25.6 Å². The predicted molar refractivity (Wildman–Crippen MR) is 295 cm³/mol. The molecule has 7 atom stereocenters. The monoisotopic (exact) mass is 1040 g/mol. The van der Waals surface area contributed by atoms with Gasteiger partial charge in [-0.05, 0) is 103 Å². The normalized spacial score (nSPS) is 23.2. The van der Waals surface area contributed by atoms with Gasteiger partial charge in [0.05, 0.1) is 49.0 Å². The highest BCUT2D eigenvalue weighted by Gasteiger charge is 2.66. The second-order valence-electron chi connectivity index (χ2n) is 21.1. The van der Waals surface area contributed by atoms with Gasteiger partial charge in [-0.2, -0.15) is 0 Å². The molecule has 0 bridgehead atoms. The molecule has 14 nitrogen and oxygen atoms in total. The van der Waals surface area contributed by atoms with E-state index >= 15 is 4.79 Å². The van der Waals surface area contributed by atoms with E-state index in [1.165, 1.54) is 50.7 Å². The standard InChI is InChI=1S/C62H81N3O11/c1-3-5-6-7-8-9-10-11-12-20-39-72-61(68)64(44-47-27-22-26-45-24-13-14-30-51(45)47)57-43-55(63-76-58-32-17-21-38-71-58)53-40-46(25-15-18-35-66)52(31-16-19-36-67)59-54-42-50(74-49-29-23-28-48(41-49)65(69)70)33-34-56(54)75-62(57,60(53)59)73-37-4-2/h4,13-14,22-24,26-30,33-34,40-42,46,52,57-60,66-67H,2-3,5-12,15-21,25,31-32,35-39,43-44H2,1H3/t46-,52+,57-,58?,59+,60+,62+/m0/s1. The number of nitrogens with zero attached hydrogens (tertiary/aromatic N) is 3. The smallest absolute Gasteiger partial charge is 0.410 e. The van der Waals surface area contributed by atoms with Gasteiger partial charge in [-0.1, -0.05) is 143 Å². The minimum atomic E-state index is -1.54. The van der Waals surface area contributed by atoms with Crippen LogP contribution in [-0.4, -0.2) is 83.0 Å². The highest BCUT2D eigenvalue weighted by molar-refractivity contribution is 6.03. The molecule has 2 aliphatic carbocycles. The molecule has 2 heterocycles.